The van der Waals surface area contributed by atoms with Gasteiger partial charge in [-0.1, -0.05) is 18.2 Å². The van der Waals surface area contributed by atoms with E-state index in [1.54, 1.807) is 18.2 Å². The quantitative estimate of drug-likeness (QED) is 0.873. The Morgan fingerprint density at radius 3 is 2.32 bits per heavy atom. The van der Waals surface area contributed by atoms with Crippen LogP contribution in [0.15, 0.2) is 53.4 Å². The Kier molecular flexibility index (Phi) is 4.89. The summed E-state index contributed by atoms with van der Waals surface area (Å²) in [5, 5.41) is 7.62. The molecule has 0 spiro atoms. The summed E-state index contributed by atoms with van der Waals surface area (Å²) in [6.45, 7) is 0.275. The van der Waals surface area contributed by atoms with Crippen LogP contribution in [0.3, 0.4) is 0 Å². The first kappa shape index (κ1) is 16.1. The van der Waals surface area contributed by atoms with Crippen molar-refractivity contribution in [2.45, 2.75) is 11.3 Å². The highest BCUT2D eigenvalue weighted by molar-refractivity contribution is 7.89. The Labute approximate surface area is 128 Å². The highest BCUT2D eigenvalue weighted by Gasteiger charge is 2.10. The number of carbonyl (C=O) groups is 1. The van der Waals surface area contributed by atoms with Gasteiger partial charge in [-0.15, -0.1) is 0 Å². The standard InChI is InChI=1S/C15H15FN2O3S/c16-14-4-2-1-3-11(14)9-10-18-15(19)12-5-7-13(8-6-12)22(17,20)21/h1-8H,9-10H2,(H,18,19)(H2,17,20,21). The number of hydrogen-bond acceptors (Lipinski definition) is 3. The minimum Gasteiger partial charge on any atom is -0.352 e. The fourth-order valence-electron chi connectivity index (χ4n) is 1.91. The molecule has 0 fully saturated rings. The maximum Gasteiger partial charge on any atom is 0.251 e. The number of halogens is 1. The Hall–Kier alpha value is -2.25. The molecule has 1 amide bonds. The Morgan fingerprint density at radius 2 is 1.73 bits per heavy atom. The topological polar surface area (TPSA) is 89.3 Å². The number of nitrogens with one attached hydrogen (secondary N) is 1. The van der Waals surface area contributed by atoms with Gasteiger partial charge in [0.25, 0.3) is 5.91 Å². The third-order valence-electron chi connectivity index (χ3n) is 3.08. The largest absolute Gasteiger partial charge is 0.352 e. The lowest BCUT2D eigenvalue weighted by atomic mass is 10.1. The van der Waals surface area contributed by atoms with E-state index in [2.05, 4.69) is 5.32 Å². The molecule has 2 aromatic rings. The van der Waals surface area contributed by atoms with Crippen molar-refractivity contribution in [3.05, 3.63) is 65.5 Å². The molecule has 0 radical (unpaired) electrons. The molecule has 0 saturated heterocycles. The second-order valence-electron chi connectivity index (χ2n) is 4.67. The van der Waals surface area contributed by atoms with Gasteiger partial charge >= 0.3 is 0 Å². The van der Waals surface area contributed by atoms with Crippen molar-refractivity contribution in [1.82, 2.24) is 5.32 Å². The third-order valence-corrected chi connectivity index (χ3v) is 4.01. The number of amides is 1. The van der Waals surface area contributed by atoms with E-state index in [1.165, 1.54) is 30.3 Å². The summed E-state index contributed by atoms with van der Waals surface area (Å²) >= 11 is 0. The van der Waals surface area contributed by atoms with Crippen LogP contribution in [-0.2, 0) is 16.4 Å². The fourth-order valence-corrected chi connectivity index (χ4v) is 2.43. The molecule has 0 aliphatic rings. The highest BCUT2D eigenvalue weighted by atomic mass is 32.2. The monoisotopic (exact) mass is 322 g/mol. The van der Waals surface area contributed by atoms with E-state index in [1.807, 2.05) is 0 Å². The third kappa shape index (κ3) is 4.12. The summed E-state index contributed by atoms with van der Waals surface area (Å²) in [6.07, 6.45) is 0.369. The molecule has 0 atom stereocenters. The van der Waals surface area contributed by atoms with Gasteiger partial charge in [-0.05, 0) is 42.3 Å². The molecule has 5 nitrogen and oxygen atoms in total. The Morgan fingerprint density at radius 1 is 1.09 bits per heavy atom. The van der Waals surface area contributed by atoms with Crippen LogP contribution in [0.4, 0.5) is 4.39 Å². The van der Waals surface area contributed by atoms with Gasteiger partial charge in [-0.2, -0.15) is 0 Å². The predicted octanol–water partition coefficient (Wildman–Crippen LogP) is 1.45. The molecular weight excluding hydrogens is 307 g/mol. The van der Waals surface area contributed by atoms with Gasteiger partial charge < -0.3 is 5.32 Å². The molecule has 0 unspecified atom stereocenters. The molecule has 0 heterocycles. The molecule has 22 heavy (non-hydrogen) atoms. The minimum absolute atomic E-state index is 0.0598. The van der Waals surface area contributed by atoms with Crippen LogP contribution < -0.4 is 10.5 Å². The summed E-state index contributed by atoms with van der Waals surface area (Å²) in [5.41, 5.74) is 0.827. The molecule has 0 saturated carbocycles. The zero-order chi connectivity index (χ0) is 16.2. The van der Waals surface area contributed by atoms with E-state index >= 15 is 0 Å². The van der Waals surface area contributed by atoms with Crippen molar-refractivity contribution < 1.29 is 17.6 Å². The van der Waals surface area contributed by atoms with Crippen molar-refractivity contribution in [1.29, 1.82) is 0 Å². The van der Waals surface area contributed by atoms with Crippen LogP contribution in [0.5, 0.6) is 0 Å². The molecule has 2 rings (SSSR count). The maximum atomic E-state index is 13.4. The molecule has 0 aliphatic heterocycles. The fraction of sp³-hybridized carbons (Fsp3) is 0.133. The molecule has 116 valence electrons. The lowest BCUT2D eigenvalue weighted by Crippen LogP contribution is -2.26. The van der Waals surface area contributed by atoms with Crippen LogP contribution in [0, 0.1) is 5.82 Å². The lowest BCUT2D eigenvalue weighted by molar-refractivity contribution is 0.0954. The van der Waals surface area contributed by atoms with Crippen molar-refractivity contribution in [3.8, 4) is 0 Å². The van der Waals surface area contributed by atoms with E-state index in [-0.39, 0.29) is 23.2 Å². The van der Waals surface area contributed by atoms with Gasteiger partial charge in [0, 0.05) is 12.1 Å². The Balaban J connectivity index is 1.94. The minimum atomic E-state index is -3.78. The lowest BCUT2D eigenvalue weighted by Gasteiger charge is -2.06. The average molecular weight is 322 g/mol. The molecule has 3 N–H and O–H groups in total. The van der Waals surface area contributed by atoms with Crippen molar-refractivity contribution in [3.63, 3.8) is 0 Å². The van der Waals surface area contributed by atoms with Crippen molar-refractivity contribution in [2.75, 3.05) is 6.54 Å². The van der Waals surface area contributed by atoms with Crippen LogP contribution in [0.2, 0.25) is 0 Å². The van der Waals surface area contributed by atoms with E-state index in [9.17, 15) is 17.6 Å². The summed E-state index contributed by atoms with van der Waals surface area (Å²) in [4.78, 5) is 11.8. The van der Waals surface area contributed by atoms with E-state index in [0.29, 0.717) is 17.5 Å². The van der Waals surface area contributed by atoms with Crippen LogP contribution in [0.25, 0.3) is 0 Å². The number of primary sulfonamides is 1. The van der Waals surface area contributed by atoms with Crippen LogP contribution >= 0.6 is 0 Å². The van der Waals surface area contributed by atoms with Crippen molar-refractivity contribution in [2.24, 2.45) is 5.14 Å². The molecule has 0 bridgehead atoms. The van der Waals surface area contributed by atoms with Gasteiger partial charge in [-0.25, -0.2) is 17.9 Å². The normalized spacial score (nSPS) is 11.2. The van der Waals surface area contributed by atoms with E-state index < -0.39 is 10.0 Å². The molecule has 2 aromatic carbocycles. The van der Waals surface area contributed by atoms with Gasteiger partial charge in [0.1, 0.15) is 5.82 Å². The second kappa shape index (κ2) is 6.67. The Bertz CT molecular complexity index is 774. The van der Waals surface area contributed by atoms with Crippen LogP contribution in [0.1, 0.15) is 15.9 Å². The van der Waals surface area contributed by atoms with Gasteiger partial charge in [0.15, 0.2) is 0 Å². The first-order chi connectivity index (χ1) is 10.4. The zero-order valence-electron chi connectivity index (χ0n) is 11.6. The first-order valence-corrected chi connectivity index (χ1v) is 8.07. The maximum absolute atomic E-state index is 13.4. The number of hydrogen-bond donors (Lipinski definition) is 2. The molecular formula is C15H15FN2O3S. The second-order valence-corrected chi connectivity index (χ2v) is 6.23. The average Bonchev–Trinajstić information content (AvgIpc) is 2.48. The van der Waals surface area contributed by atoms with Crippen LogP contribution in [-0.4, -0.2) is 20.9 Å². The van der Waals surface area contributed by atoms with Crippen molar-refractivity contribution >= 4 is 15.9 Å². The number of rotatable bonds is 5. The number of nitrogens with two attached hydrogens (primary N) is 1. The molecule has 7 heteroatoms. The summed E-state index contributed by atoms with van der Waals surface area (Å²) in [6, 6.07) is 11.6. The van der Waals surface area contributed by atoms with Gasteiger partial charge in [0.2, 0.25) is 10.0 Å². The summed E-state index contributed by atoms with van der Waals surface area (Å²) in [5.74, 6) is -0.674. The van der Waals surface area contributed by atoms with E-state index in [0.717, 1.165) is 0 Å². The first-order valence-electron chi connectivity index (χ1n) is 6.52. The number of benzene rings is 2. The zero-order valence-corrected chi connectivity index (χ0v) is 12.4. The van der Waals surface area contributed by atoms with E-state index in [4.69, 9.17) is 5.14 Å². The SMILES string of the molecule is NS(=O)(=O)c1ccc(C(=O)NCCc2ccccc2F)cc1. The highest BCUT2D eigenvalue weighted by Crippen LogP contribution is 2.09. The number of carbonyl (C=O) groups excluding carboxylic acids is 1. The smallest absolute Gasteiger partial charge is 0.251 e. The molecule has 0 aliphatic carbocycles. The number of sulfonamides is 1. The van der Waals surface area contributed by atoms with Gasteiger partial charge in [-0.3, -0.25) is 4.79 Å². The summed E-state index contributed by atoms with van der Waals surface area (Å²) in [7, 11) is -3.78. The van der Waals surface area contributed by atoms with Gasteiger partial charge in [0.05, 0.1) is 4.90 Å². The summed E-state index contributed by atoms with van der Waals surface area (Å²) < 4.78 is 35.6. The molecule has 0 aromatic heterocycles. The predicted molar refractivity (Wildman–Crippen MR) is 80.3 cm³/mol.